The van der Waals surface area contributed by atoms with Gasteiger partial charge in [0, 0.05) is 24.3 Å². The van der Waals surface area contributed by atoms with Crippen LogP contribution in [0.25, 0.3) is 0 Å². The molecule has 9 heteroatoms. The van der Waals surface area contributed by atoms with Crippen LogP contribution in [0, 0.1) is 6.92 Å². The van der Waals surface area contributed by atoms with Gasteiger partial charge in [-0.2, -0.15) is 0 Å². The van der Waals surface area contributed by atoms with Crippen molar-refractivity contribution in [2.24, 2.45) is 0 Å². The highest BCUT2D eigenvalue weighted by Gasteiger charge is 2.45. The lowest BCUT2D eigenvalue weighted by molar-refractivity contribution is -0.278. The topological polar surface area (TPSA) is 126 Å². The van der Waals surface area contributed by atoms with E-state index in [1.165, 1.54) is 17.5 Å². The minimum atomic E-state index is -1.51. The molecule has 2 saturated heterocycles. The third-order valence-electron chi connectivity index (χ3n) is 7.11. The van der Waals surface area contributed by atoms with Crippen LogP contribution in [-0.4, -0.2) is 80.7 Å². The van der Waals surface area contributed by atoms with Crippen LogP contribution in [0.3, 0.4) is 0 Å². The van der Waals surface area contributed by atoms with Gasteiger partial charge in [-0.15, -0.1) is 5.10 Å². The van der Waals surface area contributed by atoms with Crippen LogP contribution in [0.5, 0.6) is 5.88 Å². The smallest absolute Gasteiger partial charge is 0.239 e. The van der Waals surface area contributed by atoms with Gasteiger partial charge in [0.05, 0.1) is 19.3 Å². The maximum atomic E-state index is 10.5. The largest absolute Gasteiger partial charge is 0.443 e. The summed E-state index contributed by atoms with van der Waals surface area (Å²) in [5, 5.41) is 44.9. The van der Waals surface area contributed by atoms with Gasteiger partial charge >= 0.3 is 0 Å². The Hall–Kier alpha value is -2.01. The second kappa shape index (κ2) is 9.32. The summed E-state index contributed by atoms with van der Waals surface area (Å²) in [5.74, 6) is 0.309. The number of aliphatic hydroxyl groups excluding tert-OH is 4. The Morgan fingerprint density at radius 1 is 1.12 bits per heavy atom. The van der Waals surface area contributed by atoms with Crippen LogP contribution in [0.4, 0.5) is 0 Å². The first-order chi connectivity index (χ1) is 16.0. The van der Waals surface area contributed by atoms with Crippen molar-refractivity contribution in [1.29, 1.82) is 0 Å². The number of hydrogen-bond acceptors (Lipinski definition) is 8. The quantitative estimate of drug-likeness (QED) is 0.488. The second-order valence-electron chi connectivity index (χ2n) is 9.28. The molecule has 1 aliphatic carbocycles. The van der Waals surface area contributed by atoms with Crippen molar-refractivity contribution in [3.8, 4) is 5.88 Å². The maximum Gasteiger partial charge on any atom is 0.239 e. The Bertz CT molecular complexity index is 985. The number of aryl methyl sites for hydroxylation is 2. The summed E-state index contributed by atoms with van der Waals surface area (Å²) in [6.45, 7) is 2.72. The van der Waals surface area contributed by atoms with Gasteiger partial charge < -0.3 is 34.6 Å². The molecule has 0 amide bonds. The molecule has 0 bridgehead atoms. The zero-order valence-corrected chi connectivity index (χ0v) is 18.8. The van der Waals surface area contributed by atoms with Crippen molar-refractivity contribution in [2.45, 2.75) is 75.8 Å². The lowest BCUT2D eigenvalue weighted by atomic mass is 9.99. The molecule has 33 heavy (non-hydrogen) atoms. The molecule has 1 unspecified atom stereocenters. The predicted octanol–water partition coefficient (Wildman–Crippen LogP) is 0.411. The summed E-state index contributed by atoms with van der Waals surface area (Å²) in [6.07, 6.45) is -1.91. The predicted molar refractivity (Wildman–Crippen MR) is 117 cm³/mol. The van der Waals surface area contributed by atoms with Gasteiger partial charge in [0.15, 0.2) is 0 Å². The van der Waals surface area contributed by atoms with E-state index in [2.05, 4.69) is 18.2 Å². The molecule has 3 heterocycles. The van der Waals surface area contributed by atoms with E-state index in [1.807, 2.05) is 11.6 Å². The summed E-state index contributed by atoms with van der Waals surface area (Å²) < 4.78 is 19.0. The van der Waals surface area contributed by atoms with Gasteiger partial charge in [0.2, 0.25) is 12.2 Å². The van der Waals surface area contributed by atoms with E-state index in [9.17, 15) is 20.4 Å². The van der Waals surface area contributed by atoms with Crippen LogP contribution in [0.1, 0.15) is 46.8 Å². The molecule has 2 aromatic rings. The maximum absolute atomic E-state index is 10.5. The minimum absolute atomic E-state index is 0.0934. The van der Waals surface area contributed by atoms with Crippen molar-refractivity contribution in [2.75, 3.05) is 19.8 Å². The lowest BCUT2D eigenvalue weighted by Crippen LogP contribution is -2.60. The number of rotatable bonds is 6. The van der Waals surface area contributed by atoms with E-state index in [4.69, 9.17) is 19.3 Å². The first-order valence-corrected chi connectivity index (χ1v) is 11.7. The second-order valence-corrected chi connectivity index (χ2v) is 9.28. The Morgan fingerprint density at radius 2 is 1.94 bits per heavy atom. The van der Waals surface area contributed by atoms with Gasteiger partial charge in [-0.3, -0.25) is 4.68 Å². The van der Waals surface area contributed by atoms with Crippen LogP contribution in [0.15, 0.2) is 18.2 Å². The van der Waals surface area contributed by atoms with E-state index in [1.54, 1.807) is 0 Å². The fourth-order valence-electron chi connectivity index (χ4n) is 5.11. The van der Waals surface area contributed by atoms with Crippen LogP contribution in [-0.2, 0) is 28.7 Å². The molecular weight excluding hydrogens is 428 g/mol. The van der Waals surface area contributed by atoms with E-state index in [-0.39, 0.29) is 6.04 Å². The molecule has 180 valence electrons. The molecule has 4 N–H and O–H groups in total. The fraction of sp³-hybridized carbons (Fsp3) is 0.625. The summed E-state index contributed by atoms with van der Waals surface area (Å²) in [4.78, 5) is 0. The average Bonchev–Trinajstić information content (AvgIpc) is 3.56. The number of aromatic nitrogens is 2. The molecule has 9 nitrogen and oxygen atoms in total. The third-order valence-corrected chi connectivity index (χ3v) is 7.11. The Kier molecular flexibility index (Phi) is 6.43. The van der Waals surface area contributed by atoms with Crippen LogP contribution >= 0.6 is 0 Å². The highest BCUT2D eigenvalue weighted by Crippen LogP contribution is 2.33. The molecule has 1 aromatic heterocycles. The van der Waals surface area contributed by atoms with E-state index in [0.29, 0.717) is 25.5 Å². The van der Waals surface area contributed by atoms with Crippen molar-refractivity contribution in [1.82, 2.24) is 9.78 Å². The van der Waals surface area contributed by atoms with Gasteiger partial charge in [-0.25, -0.2) is 0 Å². The average molecular weight is 461 g/mol. The van der Waals surface area contributed by atoms with Crippen molar-refractivity contribution >= 4 is 0 Å². The molecular formula is C24H32N2O7. The third kappa shape index (κ3) is 4.29. The van der Waals surface area contributed by atoms with Gasteiger partial charge in [0.25, 0.3) is 0 Å². The molecule has 2 aliphatic heterocycles. The first kappa shape index (κ1) is 22.8. The molecule has 0 saturated carbocycles. The molecule has 6 atom stereocenters. The Morgan fingerprint density at radius 3 is 2.70 bits per heavy atom. The highest BCUT2D eigenvalue weighted by molar-refractivity contribution is 5.41. The summed E-state index contributed by atoms with van der Waals surface area (Å²) in [7, 11) is 0. The standard InChI is InChI=1S/C24H32N2O7/c1-13-18(10-14-5-6-15-3-2-4-16(15)9-14)23(25-26(13)17-7-8-31-12-17)33-24-22(30)21(29)20(28)19(11-27)32-24/h5-6,9,17,19-22,24,27-30H,2-4,7-8,10-12H2,1H3/t17?,19-,20-,21+,22-,24+/m1/s1. The molecule has 5 rings (SSSR count). The highest BCUT2D eigenvalue weighted by atomic mass is 16.7. The number of nitrogens with zero attached hydrogens (tertiary/aromatic N) is 2. The zero-order valence-electron chi connectivity index (χ0n) is 18.8. The van der Waals surface area contributed by atoms with Crippen molar-refractivity contribution in [3.63, 3.8) is 0 Å². The Balaban J connectivity index is 1.46. The van der Waals surface area contributed by atoms with E-state index < -0.39 is 37.3 Å². The lowest BCUT2D eigenvalue weighted by Gasteiger charge is -2.39. The molecule has 2 fully saturated rings. The van der Waals surface area contributed by atoms with E-state index in [0.717, 1.165) is 36.1 Å². The summed E-state index contributed by atoms with van der Waals surface area (Å²) >= 11 is 0. The summed E-state index contributed by atoms with van der Waals surface area (Å²) in [6, 6.07) is 6.67. The normalized spacial score (nSPS) is 31.7. The number of hydrogen-bond donors (Lipinski definition) is 4. The fourth-order valence-corrected chi connectivity index (χ4v) is 5.11. The van der Waals surface area contributed by atoms with Gasteiger partial charge in [-0.1, -0.05) is 18.2 Å². The number of fused-ring (bicyclic) bond motifs is 1. The van der Waals surface area contributed by atoms with Crippen LogP contribution in [0.2, 0.25) is 0 Å². The van der Waals surface area contributed by atoms with Crippen molar-refractivity contribution in [3.05, 3.63) is 46.1 Å². The first-order valence-electron chi connectivity index (χ1n) is 11.7. The van der Waals surface area contributed by atoms with Crippen molar-refractivity contribution < 1.29 is 34.6 Å². The Labute approximate surface area is 192 Å². The minimum Gasteiger partial charge on any atom is -0.443 e. The van der Waals surface area contributed by atoms with Crippen LogP contribution < -0.4 is 4.74 Å². The van der Waals surface area contributed by atoms with E-state index >= 15 is 0 Å². The monoisotopic (exact) mass is 460 g/mol. The molecule has 3 aliphatic rings. The zero-order chi connectivity index (χ0) is 23.1. The van der Waals surface area contributed by atoms with Gasteiger partial charge in [0.1, 0.15) is 24.4 Å². The van der Waals surface area contributed by atoms with Gasteiger partial charge in [-0.05, 0) is 49.3 Å². The number of benzene rings is 1. The number of ether oxygens (including phenoxy) is 3. The number of aliphatic hydroxyl groups is 4. The molecule has 0 spiro atoms. The molecule has 1 aromatic carbocycles. The molecule has 0 radical (unpaired) electrons. The summed E-state index contributed by atoms with van der Waals surface area (Å²) in [5.41, 5.74) is 5.77. The SMILES string of the molecule is Cc1c(Cc2ccc3c(c2)CCC3)c(O[C@@H]2O[C@H](CO)[C@@H](O)[C@H](O)[C@H]2O)nn1C1CCOC1.